The Morgan fingerprint density at radius 1 is 1.07 bits per heavy atom. The number of H-pyrrole nitrogens is 1. The molecule has 7 atom stereocenters. The van der Waals surface area contributed by atoms with E-state index in [0.29, 0.717) is 28.4 Å². The third-order valence-corrected chi connectivity index (χ3v) is 12.2. The van der Waals surface area contributed by atoms with E-state index in [1.807, 2.05) is 0 Å². The smallest absolute Gasteiger partial charge is 0.305 e. The van der Waals surface area contributed by atoms with E-state index in [2.05, 4.69) is 10.3 Å². The lowest BCUT2D eigenvalue weighted by atomic mass is 9.68. The molecule has 2 aliphatic carbocycles. The summed E-state index contributed by atoms with van der Waals surface area (Å²) >= 11 is 9.18. The first-order valence-corrected chi connectivity index (χ1v) is 16.7. The summed E-state index contributed by atoms with van der Waals surface area (Å²) < 4.78 is 6.07. The van der Waals surface area contributed by atoms with Crippen LogP contribution < -0.4 is 14.9 Å². The topological polar surface area (TPSA) is 166 Å². The van der Waals surface area contributed by atoms with Crippen LogP contribution in [0.4, 0.5) is 5.69 Å². The summed E-state index contributed by atoms with van der Waals surface area (Å²) in [4.78, 5) is 68.5. The molecule has 3 fully saturated rings. The molecule has 7 rings (SSSR count). The molecule has 0 radical (unpaired) electrons. The van der Waals surface area contributed by atoms with Crippen LogP contribution in [0.3, 0.4) is 0 Å². The number of benzene rings is 2. The molecular weight excluding hydrogens is 642 g/mol. The number of carboxylic acids is 1. The van der Waals surface area contributed by atoms with Crippen LogP contribution in [-0.4, -0.2) is 62.2 Å². The lowest BCUT2D eigenvalue weighted by molar-refractivity contribution is -0.142. The van der Waals surface area contributed by atoms with Crippen LogP contribution in [0, 0.1) is 29.6 Å². The van der Waals surface area contributed by atoms with Crippen molar-refractivity contribution in [2.24, 2.45) is 29.6 Å². The predicted molar refractivity (Wildman–Crippen MR) is 166 cm³/mol. The van der Waals surface area contributed by atoms with Crippen LogP contribution in [0.15, 0.2) is 52.3 Å². The van der Waals surface area contributed by atoms with E-state index in [0.717, 1.165) is 21.2 Å². The number of thioether (sulfide) groups is 1. The number of phenols is 1. The summed E-state index contributed by atoms with van der Waals surface area (Å²) in [5.41, 5.74) is 1.20. The zero-order valence-corrected chi connectivity index (χ0v) is 26.0. The Hall–Kier alpha value is -3.81. The van der Waals surface area contributed by atoms with E-state index in [9.17, 15) is 29.1 Å². The second kappa shape index (κ2) is 11.5. The van der Waals surface area contributed by atoms with Crippen molar-refractivity contribution in [1.82, 2.24) is 9.88 Å². The van der Waals surface area contributed by atoms with Crippen molar-refractivity contribution in [1.29, 1.82) is 0 Å². The number of anilines is 1. The number of hydrogen-bond donors (Lipinski definition) is 4. The highest BCUT2D eigenvalue weighted by Gasteiger charge is 2.69. The molecule has 1 saturated heterocycles. The van der Waals surface area contributed by atoms with Crippen molar-refractivity contribution >= 4 is 64.1 Å². The molecule has 2 aliphatic heterocycles. The van der Waals surface area contributed by atoms with Gasteiger partial charge in [-0.3, -0.25) is 28.9 Å². The van der Waals surface area contributed by atoms with Crippen molar-refractivity contribution in [2.75, 3.05) is 18.5 Å². The molecule has 4 N–H and O–H groups in total. The number of aliphatic carboxylic acids is 1. The Bertz CT molecular complexity index is 1770. The summed E-state index contributed by atoms with van der Waals surface area (Å²) in [7, 11) is 0. The number of halogens is 1. The molecule has 4 aliphatic rings. The van der Waals surface area contributed by atoms with Gasteiger partial charge >= 0.3 is 10.8 Å². The van der Waals surface area contributed by atoms with E-state index in [4.69, 9.17) is 21.4 Å². The number of fused-ring (bicyclic) bond motifs is 9. The molecule has 2 aromatic carbocycles. The van der Waals surface area contributed by atoms with Gasteiger partial charge in [-0.05, 0) is 73.1 Å². The zero-order valence-electron chi connectivity index (χ0n) is 23.6. The van der Waals surface area contributed by atoms with Gasteiger partial charge in [0.15, 0.2) is 6.61 Å². The van der Waals surface area contributed by atoms with Crippen LogP contribution in [0.2, 0.25) is 5.02 Å². The number of imide groups is 1. The molecule has 2 bridgehead atoms. The van der Waals surface area contributed by atoms with Gasteiger partial charge in [0.25, 0.3) is 5.91 Å². The second-order valence-electron chi connectivity index (χ2n) is 11.9. The molecule has 3 aromatic rings. The number of carbonyl (C=O) groups excluding carboxylic acids is 3. The monoisotopic (exact) mass is 669 g/mol. The molecule has 3 heterocycles. The summed E-state index contributed by atoms with van der Waals surface area (Å²) in [6, 6.07) is 11.2. The van der Waals surface area contributed by atoms with E-state index in [1.54, 1.807) is 42.1 Å². The zero-order chi connectivity index (χ0) is 31.6. The number of likely N-dealkylation sites (tertiary alicyclic amines) is 1. The first-order valence-electron chi connectivity index (χ1n) is 14.6. The lowest BCUT2D eigenvalue weighted by Gasteiger charge is -2.43. The van der Waals surface area contributed by atoms with Gasteiger partial charge in [-0.2, -0.15) is 0 Å². The number of carbonyl (C=O) groups is 4. The third-order valence-electron chi connectivity index (χ3n) is 9.40. The van der Waals surface area contributed by atoms with Crippen molar-refractivity contribution in [2.45, 2.75) is 35.5 Å². The van der Waals surface area contributed by atoms with Crippen molar-refractivity contribution in [3.8, 4) is 11.5 Å². The van der Waals surface area contributed by atoms with E-state index in [1.165, 1.54) is 17.0 Å². The van der Waals surface area contributed by atoms with Crippen LogP contribution in [0.1, 0.15) is 35.6 Å². The average molecular weight is 670 g/mol. The van der Waals surface area contributed by atoms with Crippen LogP contribution in [0.25, 0.3) is 0 Å². The number of rotatable bonds is 9. The number of aromatic amines is 1. The fraction of sp³-hybridized carbons (Fsp3) is 0.387. The number of ether oxygens (including phenoxy) is 1. The standard InChI is InChI=1S/C31H28ClN3O8S2/c32-13-3-8-19(43-12-20(37)33-14-4-6-15(36)7-5-14)16(10-13)22-23-17-11-18(26(23)44-28-27(22)45-31(42)34-28)25-24(17)29(40)35(30(25)41)9-1-2-21(38)39/h3-8,10,17-18,22-26,36H,1-2,9,11-12H2,(H,33,37)(H,34,42)(H,38,39)/t17?,18?,22-,23?,24?,25?,26?/m1/s1. The second-order valence-corrected chi connectivity index (χ2v) is 14.5. The van der Waals surface area contributed by atoms with Gasteiger partial charge in [0.1, 0.15) is 11.5 Å². The Labute approximate surface area is 269 Å². The average Bonchev–Trinajstić information content (AvgIpc) is 3.73. The fourth-order valence-electron chi connectivity index (χ4n) is 7.81. The maximum Gasteiger partial charge on any atom is 0.305 e. The number of aromatic hydroxyl groups is 1. The van der Waals surface area contributed by atoms with Gasteiger partial charge in [0.2, 0.25) is 11.8 Å². The summed E-state index contributed by atoms with van der Waals surface area (Å²) in [6.45, 7) is -0.224. The third kappa shape index (κ3) is 5.20. The number of carboxylic acid groups (broad SMARTS) is 1. The van der Waals surface area contributed by atoms with E-state index in [-0.39, 0.29) is 77.4 Å². The van der Waals surface area contributed by atoms with Gasteiger partial charge in [-0.25, -0.2) is 0 Å². The van der Waals surface area contributed by atoms with Gasteiger partial charge in [-0.1, -0.05) is 22.9 Å². The van der Waals surface area contributed by atoms with Crippen LogP contribution in [-0.2, 0) is 19.2 Å². The number of amides is 3. The molecule has 45 heavy (non-hydrogen) atoms. The van der Waals surface area contributed by atoms with Crippen molar-refractivity contribution in [3.05, 3.63) is 67.6 Å². The Balaban J connectivity index is 1.20. The number of thiazole rings is 1. The van der Waals surface area contributed by atoms with Gasteiger partial charge in [0, 0.05) is 45.3 Å². The number of nitrogens with zero attached hydrogens (tertiary/aromatic N) is 1. The molecule has 0 spiro atoms. The molecule has 3 amide bonds. The molecule has 2 saturated carbocycles. The largest absolute Gasteiger partial charge is 0.508 e. The molecule has 14 heteroatoms. The minimum Gasteiger partial charge on any atom is -0.508 e. The van der Waals surface area contributed by atoms with E-state index < -0.39 is 23.7 Å². The first-order chi connectivity index (χ1) is 21.6. The van der Waals surface area contributed by atoms with Crippen LogP contribution in [0.5, 0.6) is 11.5 Å². The van der Waals surface area contributed by atoms with E-state index >= 15 is 0 Å². The summed E-state index contributed by atoms with van der Waals surface area (Å²) in [6.07, 6.45) is 0.772. The first kappa shape index (κ1) is 29.9. The minimum absolute atomic E-state index is 0.0562. The number of nitrogens with one attached hydrogen (secondary N) is 2. The molecule has 1 aromatic heterocycles. The van der Waals surface area contributed by atoms with Gasteiger partial charge < -0.3 is 25.3 Å². The number of aromatic nitrogens is 1. The quantitative estimate of drug-likeness (QED) is 0.193. The molecule has 11 nitrogen and oxygen atoms in total. The van der Waals surface area contributed by atoms with Gasteiger partial charge in [0.05, 0.1) is 16.9 Å². The van der Waals surface area contributed by atoms with Gasteiger partial charge in [-0.15, -0.1) is 11.8 Å². The highest BCUT2D eigenvalue weighted by molar-refractivity contribution is 8.00. The highest BCUT2D eigenvalue weighted by Crippen LogP contribution is 2.69. The Morgan fingerprint density at radius 3 is 2.53 bits per heavy atom. The van der Waals surface area contributed by atoms with Crippen molar-refractivity contribution < 1.29 is 34.1 Å². The molecular formula is C31H28ClN3O8S2. The maximum absolute atomic E-state index is 13.7. The minimum atomic E-state index is -0.975. The SMILES string of the molecule is O=C(O)CCCN1C(=O)C2C3CC(C2C1=O)C1C3Sc2[nH]c(=O)sc2[C@@H]1c1cc(Cl)ccc1OCC(=O)Nc1ccc(O)cc1. The summed E-state index contributed by atoms with van der Waals surface area (Å²) in [5.74, 6) is -3.04. The van der Waals surface area contributed by atoms with Crippen LogP contribution >= 0.6 is 34.7 Å². The highest BCUT2D eigenvalue weighted by atomic mass is 35.5. The lowest BCUT2D eigenvalue weighted by Crippen LogP contribution is -2.42. The maximum atomic E-state index is 13.7. The van der Waals surface area contributed by atoms with Crippen molar-refractivity contribution in [3.63, 3.8) is 0 Å². The Morgan fingerprint density at radius 2 is 1.80 bits per heavy atom. The Kier molecular flexibility index (Phi) is 7.65. The predicted octanol–water partition coefficient (Wildman–Crippen LogP) is 4.15. The normalized spacial score (nSPS) is 27.7. The number of hydrogen-bond acceptors (Lipinski definition) is 9. The fourth-order valence-corrected chi connectivity index (χ4v) is 10.9. The number of phenolic OH excluding ortho intramolecular Hbond substituents is 1. The molecule has 234 valence electrons. The summed E-state index contributed by atoms with van der Waals surface area (Å²) in [5, 5.41) is 22.4. The molecule has 6 unspecified atom stereocenters.